The Labute approximate surface area is 325 Å². The molecule has 4 aromatic carbocycles. The van der Waals surface area contributed by atoms with Gasteiger partial charge in [0, 0.05) is 24.3 Å². The van der Waals surface area contributed by atoms with E-state index in [0.717, 1.165) is 36.4 Å². The van der Waals surface area contributed by atoms with Gasteiger partial charge in [-0.25, -0.2) is 9.36 Å². The Bertz CT molecular complexity index is 2220. The molecule has 0 aliphatic carbocycles. The first-order valence-electron chi connectivity index (χ1n) is 14.4. The average molecular weight is 752 g/mol. The van der Waals surface area contributed by atoms with Crippen LogP contribution in [0.15, 0.2) is 127 Å². The molecule has 0 unspecified atom stereocenters. The van der Waals surface area contributed by atoms with Crippen LogP contribution in [-0.4, -0.2) is 29.4 Å². The number of nitrogens with one attached hydrogen (secondary N) is 2. The first kappa shape index (κ1) is 40.5. The molecule has 0 aliphatic rings. The molecule has 18 nitrogen and oxygen atoms in total. The SMILES string of the molecule is Cc1[nH]n(-c2ccccc2)c(=O)c1N=Nc1cc([N+](=O)[O-])ccc1[O-].Cc1[nH]n(-c2ccccc2)c(=O)c1N=Nc1cc([N+](=O)[O-])ccc1[O-].[Cr+3].[Na+]. The van der Waals surface area contributed by atoms with Crippen molar-refractivity contribution >= 4 is 34.1 Å². The maximum atomic E-state index is 12.5. The van der Waals surface area contributed by atoms with Crippen molar-refractivity contribution in [2.45, 2.75) is 13.8 Å². The van der Waals surface area contributed by atoms with E-state index < -0.39 is 32.5 Å². The second-order valence-corrected chi connectivity index (χ2v) is 10.3. The molecule has 20 heteroatoms. The minimum Gasteiger partial charge on any atom is -0.871 e. The van der Waals surface area contributed by atoms with E-state index >= 15 is 0 Å². The van der Waals surface area contributed by atoms with Crippen LogP contribution in [0.3, 0.4) is 0 Å². The Balaban J connectivity index is 0.000000270. The number of azo groups is 2. The van der Waals surface area contributed by atoms with E-state index in [9.17, 15) is 40.0 Å². The molecule has 0 amide bonds. The molecule has 2 aromatic heterocycles. The fourth-order valence-corrected chi connectivity index (χ4v) is 4.43. The molecule has 2 heterocycles. The van der Waals surface area contributed by atoms with Crippen LogP contribution in [0.25, 0.3) is 11.4 Å². The van der Waals surface area contributed by atoms with Crippen molar-refractivity contribution < 1.29 is 67.0 Å². The maximum absolute atomic E-state index is 12.5. The van der Waals surface area contributed by atoms with E-state index in [0.29, 0.717) is 22.8 Å². The van der Waals surface area contributed by atoms with E-state index in [1.165, 1.54) is 9.36 Å². The van der Waals surface area contributed by atoms with Gasteiger partial charge in [-0.1, -0.05) is 60.0 Å². The number of aromatic nitrogens is 4. The number of aromatic amines is 2. The summed E-state index contributed by atoms with van der Waals surface area (Å²) in [4.78, 5) is 45.2. The van der Waals surface area contributed by atoms with Gasteiger partial charge in [0.25, 0.3) is 22.5 Å². The number of H-pyrrole nitrogens is 2. The minimum absolute atomic E-state index is 0. The summed E-state index contributed by atoms with van der Waals surface area (Å²) in [6.07, 6.45) is 0. The van der Waals surface area contributed by atoms with Gasteiger partial charge >= 0.3 is 46.9 Å². The zero-order chi connectivity index (χ0) is 35.9. The third kappa shape index (κ3) is 9.22. The van der Waals surface area contributed by atoms with Gasteiger partial charge in [-0.05, 0) is 38.1 Å². The second-order valence-electron chi connectivity index (χ2n) is 10.3. The van der Waals surface area contributed by atoms with Crippen LogP contribution in [0.5, 0.6) is 11.5 Å². The van der Waals surface area contributed by atoms with Gasteiger partial charge in [0.15, 0.2) is 11.4 Å². The van der Waals surface area contributed by atoms with Crippen LogP contribution in [0.4, 0.5) is 34.1 Å². The van der Waals surface area contributed by atoms with Crippen molar-refractivity contribution in [1.82, 2.24) is 19.6 Å². The zero-order valence-electron chi connectivity index (χ0n) is 27.5. The third-order valence-electron chi connectivity index (χ3n) is 6.93. The van der Waals surface area contributed by atoms with E-state index in [1.807, 2.05) is 12.1 Å². The number of benzene rings is 4. The van der Waals surface area contributed by atoms with E-state index in [2.05, 4.69) is 30.7 Å². The second kappa shape index (κ2) is 17.8. The topological polar surface area (TPSA) is 257 Å². The molecule has 0 atom stereocenters. The molecule has 6 aromatic rings. The Morgan fingerprint density at radius 3 is 1.25 bits per heavy atom. The van der Waals surface area contributed by atoms with Gasteiger partial charge < -0.3 is 10.2 Å². The van der Waals surface area contributed by atoms with Crippen molar-refractivity contribution in [1.29, 1.82) is 0 Å². The van der Waals surface area contributed by atoms with Gasteiger partial charge in [-0.2, -0.15) is 10.2 Å². The molecule has 255 valence electrons. The maximum Gasteiger partial charge on any atom is 3.00 e. The summed E-state index contributed by atoms with van der Waals surface area (Å²) in [6, 6.07) is 24.1. The average Bonchev–Trinajstić information content (AvgIpc) is 3.56. The standard InChI is InChI=1S/2C16H13N5O4.Cr.Na/c2*1-10-15(16(23)20(19-10)11-5-3-2-4-6-11)18-17-13-9-12(21(24)25)7-8-14(13)22;;/h2*2-9,19,22H,1H3;;/q;;+3;+1/p-2. The fourth-order valence-electron chi connectivity index (χ4n) is 4.43. The molecule has 6 rings (SSSR count). The number of hydrogen-bond donors (Lipinski definition) is 2. The molecule has 2 N–H and O–H groups in total. The Hall–Kier alpha value is -5.97. The van der Waals surface area contributed by atoms with Crippen molar-refractivity contribution in [2.75, 3.05) is 0 Å². The largest absolute Gasteiger partial charge is 3.00 e. The monoisotopic (exact) mass is 751 g/mol. The van der Waals surface area contributed by atoms with Gasteiger partial charge in [0.05, 0.1) is 44.0 Å². The Morgan fingerprint density at radius 1 is 0.577 bits per heavy atom. The van der Waals surface area contributed by atoms with Crippen molar-refractivity contribution in [2.24, 2.45) is 20.5 Å². The predicted octanol–water partition coefficient (Wildman–Crippen LogP) is 2.74. The number of aryl methyl sites for hydroxylation is 2. The van der Waals surface area contributed by atoms with Crippen LogP contribution < -0.4 is 50.9 Å². The van der Waals surface area contributed by atoms with Crippen molar-refractivity contribution in [3.63, 3.8) is 0 Å². The molecule has 0 fully saturated rings. The molecule has 1 radical (unpaired) electrons. The molecule has 0 saturated carbocycles. The van der Waals surface area contributed by atoms with Gasteiger partial charge in [-0.3, -0.25) is 40.0 Å². The summed E-state index contributed by atoms with van der Waals surface area (Å²) in [6.45, 7) is 3.28. The van der Waals surface area contributed by atoms with Crippen LogP contribution >= 0.6 is 0 Å². The summed E-state index contributed by atoms with van der Waals surface area (Å²) < 4.78 is 2.60. The van der Waals surface area contributed by atoms with E-state index in [-0.39, 0.29) is 81.0 Å². The van der Waals surface area contributed by atoms with Crippen molar-refractivity contribution in [3.8, 4) is 22.9 Å². The van der Waals surface area contributed by atoms with Gasteiger partial charge in [-0.15, -0.1) is 10.2 Å². The molecular weight excluding hydrogens is 727 g/mol. The number of hydrogen-bond acceptors (Lipinski definition) is 12. The third-order valence-corrected chi connectivity index (χ3v) is 6.93. The minimum atomic E-state index is -0.637. The number of nitrogens with zero attached hydrogens (tertiary/aromatic N) is 8. The smallest absolute Gasteiger partial charge is 0.871 e. The fraction of sp³-hybridized carbons (Fsp3) is 0.0625. The van der Waals surface area contributed by atoms with Crippen LogP contribution in [0.2, 0.25) is 0 Å². The van der Waals surface area contributed by atoms with Gasteiger partial charge in [0.1, 0.15) is 0 Å². The van der Waals surface area contributed by atoms with Crippen LogP contribution in [0.1, 0.15) is 11.4 Å². The molecular formula is C32H24CrN10NaO8+2. The normalized spacial score (nSPS) is 10.7. The number of para-hydroxylation sites is 2. The number of nitro benzene ring substituents is 2. The number of rotatable bonds is 8. The van der Waals surface area contributed by atoms with E-state index in [4.69, 9.17) is 0 Å². The van der Waals surface area contributed by atoms with Crippen LogP contribution in [0, 0.1) is 34.1 Å². The quantitative estimate of drug-likeness (QED) is 0.101. The summed E-state index contributed by atoms with van der Waals surface area (Å²) in [7, 11) is 0. The molecule has 0 saturated heterocycles. The summed E-state index contributed by atoms with van der Waals surface area (Å²) in [5, 5.41) is 65.9. The Kier molecular flexibility index (Phi) is 13.9. The first-order valence-corrected chi connectivity index (χ1v) is 14.4. The van der Waals surface area contributed by atoms with Crippen molar-refractivity contribution in [3.05, 3.63) is 149 Å². The number of nitro groups is 2. The Morgan fingerprint density at radius 2 is 0.923 bits per heavy atom. The first-order chi connectivity index (χ1) is 23.9. The summed E-state index contributed by atoms with van der Waals surface area (Å²) in [5.41, 5.74) is 0.350. The molecule has 0 bridgehead atoms. The molecule has 52 heavy (non-hydrogen) atoms. The molecule has 0 spiro atoms. The van der Waals surface area contributed by atoms with Crippen LogP contribution in [-0.2, 0) is 17.4 Å². The zero-order valence-corrected chi connectivity index (χ0v) is 30.8. The molecule has 0 aliphatic heterocycles. The van der Waals surface area contributed by atoms with E-state index in [1.54, 1.807) is 62.4 Å². The van der Waals surface area contributed by atoms with Gasteiger partial charge in [0.2, 0.25) is 0 Å². The predicted molar refractivity (Wildman–Crippen MR) is 176 cm³/mol. The summed E-state index contributed by atoms with van der Waals surface area (Å²) in [5.74, 6) is -1.04. The summed E-state index contributed by atoms with van der Waals surface area (Å²) >= 11 is 0. The number of non-ortho nitro benzene ring substituents is 2.